The number of fused-ring (bicyclic) bond motifs is 1. The number of benzene rings is 2. The lowest BCUT2D eigenvalue weighted by Gasteiger charge is -2.26. The number of rotatable bonds is 9. The molecule has 176 valence electrons. The van der Waals surface area contributed by atoms with Crippen molar-refractivity contribution in [1.29, 1.82) is 0 Å². The number of aromatic amines is 1. The second kappa shape index (κ2) is 11.4. The second-order valence-corrected chi connectivity index (χ2v) is 9.47. The molecule has 6 heteroatoms. The maximum atomic E-state index is 13.0. The van der Waals surface area contributed by atoms with Gasteiger partial charge in [-0.25, -0.2) is 0 Å². The molecule has 0 saturated carbocycles. The molecule has 0 spiro atoms. The molecular weight excluding hydrogens is 428 g/mol. The molecule has 5 nitrogen and oxygen atoms in total. The summed E-state index contributed by atoms with van der Waals surface area (Å²) in [6, 6.07) is 14.6. The average Bonchev–Trinajstić information content (AvgIpc) is 2.78. The van der Waals surface area contributed by atoms with Gasteiger partial charge in [-0.05, 0) is 100 Å². The third kappa shape index (κ3) is 6.65. The largest absolute Gasteiger partial charge is 0.363 e. The van der Waals surface area contributed by atoms with Gasteiger partial charge < -0.3 is 20.1 Å². The molecule has 0 radical (unpaired) electrons. The van der Waals surface area contributed by atoms with Crippen molar-refractivity contribution in [3.05, 3.63) is 80.6 Å². The van der Waals surface area contributed by atoms with Crippen molar-refractivity contribution >= 4 is 28.2 Å². The molecule has 0 unspecified atom stereocenters. The molecule has 2 aromatic carbocycles. The Labute approximate surface area is 202 Å². The lowest BCUT2D eigenvalue weighted by molar-refractivity contribution is 0.388. The van der Waals surface area contributed by atoms with E-state index in [0.29, 0.717) is 11.7 Å². The van der Waals surface area contributed by atoms with Gasteiger partial charge in [0.15, 0.2) is 5.11 Å². The summed E-state index contributed by atoms with van der Waals surface area (Å²) in [6.45, 7) is 9.28. The molecule has 2 N–H and O–H groups in total. The molecule has 0 aliphatic carbocycles. The van der Waals surface area contributed by atoms with E-state index in [2.05, 4.69) is 91.4 Å². The van der Waals surface area contributed by atoms with Crippen LogP contribution in [-0.2, 0) is 13.0 Å². The van der Waals surface area contributed by atoms with Crippen molar-refractivity contribution in [3.63, 3.8) is 0 Å². The normalized spacial score (nSPS) is 11.2. The molecule has 0 atom stereocenters. The van der Waals surface area contributed by atoms with E-state index in [1.54, 1.807) is 0 Å². The Morgan fingerprint density at radius 2 is 1.76 bits per heavy atom. The second-order valence-electron chi connectivity index (χ2n) is 9.08. The van der Waals surface area contributed by atoms with E-state index in [1.807, 2.05) is 6.07 Å². The van der Waals surface area contributed by atoms with Gasteiger partial charge in [-0.2, -0.15) is 0 Å². The SMILES string of the molecule is Cc1ccccc1CCN(Cc1cc2ccc(C)c(C)c2[nH]c1=O)C(=S)NCCCN(C)C. The van der Waals surface area contributed by atoms with Crippen molar-refractivity contribution in [2.24, 2.45) is 0 Å². The third-order valence-corrected chi connectivity index (χ3v) is 6.65. The first kappa shape index (κ1) is 24.9. The van der Waals surface area contributed by atoms with Gasteiger partial charge in [0.25, 0.3) is 5.56 Å². The number of aromatic nitrogens is 1. The molecule has 0 aliphatic heterocycles. The van der Waals surface area contributed by atoms with E-state index in [9.17, 15) is 4.79 Å². The summed E-state index contributed by atoms with van der Waals surface area (Å²) in [7, 11) is 4.14. The van der Waals surface area contributed by atoms with E-state index in [4.69, 9.17) is 12.2 Å². The van der Waals surface area contributed by atoms with Gasteiger partial charge in [-0.3, -0.25) is 4.79 Å². The van der Waals surface area contributed by atoms with Crippen LogP contribution in [0.3, 0.4) is 0 Å². The summed E-state index contributed by atoms with van der Waals surface area (Å²) in [6.07, 6.45) is 1.88. The Bertz CT molecular complexity index is 1170. The molecule has 0 aliphatic rings. The van der Waals surface area contributed by atoms with Crippen LogP contribution in [0.2, 0.25) is 0 Å². The molecule has 3 rings (SSSR count). The van der Waals surface area contributed by atoms with Crippen LogP contribution in [0.25, 0.3) is 10.9 Å². The predicted octanol–water partition coefficient (Wildman–Crippen LogP) is 4.32. The van der Waals surface area contributed by atoms with Crippen LogP contribution in [0.4, 0.5) is 0 Å². The summed E-state index contributed by atoms with van der Waals surface area (Å²) < 4.78 is 0. The summed E-state index contributed by atoms with van der Waals surface area (Å²) >= 11 is 5.77. The molecule has 0 saturated heterocycles. The van der Waals surface area contributed by atoms with E-state index < -0.39 is 0 Å². The first-order chi connectivity index (χ1) is 15.8. The van der Waals surface area contributed by atoms with Crippen molar-refractivity contribution in [2.75, 3.05) is 33.7 Å². The minimum absolute atomic E-state index is 0.0486. The summed E-state index contributed by atoms with van der Waals surface area (Å²) in [5.41, 5.74) is 6.47. The van der Waals surface area contributed by atoms with E-state index in [-0.39, 0.29) is 5.56 Å². The summed E-state index contributed by atoms with van der Waals surface area (Å²) in [5.74, 6) is 0. The van der Waals surface area contributed by atoms with Crippen LogP contribution in [-0.4, -0.2) is 53.6 Å². The molecule has 3 aromatic rings. The number of thiocarbonyl (C=S) groups is 1. The van der Waals surface area contributed by atoms with Gasteiger partial charge in [-0.15, -0.1) is 0 Å². The Balaban J connectivity index is 1.81. The Hall–Kier alpha value is -2.70. The summed E-state index contributed by atoms with van der Waals surface area (Å²) in [5, 5.41) is 5.15. The third-order valence-electron chi connectivity index (χ3n) is 6.25. The minimum atomic E-state index is -0.0486. The number of aryl methyl sites for hydroxylation is 3. The minimum Gasteiger partial charge on any atom is -0.363 e. The maximum absolute atomic E-state index is 13.0. The highest BCUT2D eigenvalue weighted by Crippen LogP contribution is 2.19. The van der Waals surface area contributed by atoms with Crippen molar-refractivity contribution in [3.8, 4) is 0 Å². The van der Waals surface area contributed by atoms with Crippen LogP contribution in [0, 0.1) is 20.8 Å². The van der Waals surface area contributed by atoms with Gasteiger partial charge in [0.2, 0.25) is 0 Å². The van der Waals surface area contributed by atoms with Crippen LogP contribution >= 0.6 is 12.2 Å². The Morgan fingerprint density at radius 1 is 1.00 bits per heavy atom. The lowest BCUT2D eigenvalue weighted by Crippen LogP contribution is -2.42. The number of pyridine rings is 1. The molecule has 1 heterocycles. The molecule has 1 aromatic heterocycles. The van der Waals surface area contributed by atoms with E-state index in [1.165, 1.54) is 16.7 Å². The Kier molecular flexibility index (Phi) is 8.64. The maximum Gasteiger partial charge on any atom is 0.253 e. The lowest BCUT2D eigenvalue weighted by atomic mass is 10.0. The van der Waals surface area contributed by atoms with Crippen molar-refractivity contribution in [1.82, 2.24) is 20.1 Å². The van der Waals surface area contributed by atoms with Crippen molar-refractivity contribution in [2.45, 2.75) is 40.2 Å². The zero-order valence-electron chi connectivity index (χ0n) is 20.5. The standard InChI is InChI=1S/C27H36N4OS/c1-19-11-12-23-17-24(26(32)29-25(23)21(19)3)18-31(27(33)28-14-8-15-30(4)5)16-13-22-10-7-6-9-20(22)2/h6-7,9-12,17H,8,13-16,18H2,1-5H3,(H,28,33)(H,29,32). The quantitative estimate of drug-likeness (QED) is 0.365. The monoisotopic (exact) mass is 464 g/mol. The predicted molar refractivity (Wildman–Crippen MR) is 143 cm³/mol. The topological polar surface area (TPSA) is 51.4 Å². The van der Waals surface area contributed by atoms with Crippen LogP contribution in [0.1, 0.15) is 34.2 Å². The van der Waals surface area contributed by atoms with E-state index in [0.717, 1.165) is 54.5 Å². The van der Waals surface area contributed by atoms with Crippen LogP contribution in [0.5, 0.6) is 0 Å². The zero-order chi connectivity index (χ0) is 24.0. The average molecular weight is 465 g/mol. The molecule has 0 amide bonds. The van der Waals surface area contributed by atoms with Gasteiger partial charge in [0.1, 0.15) is 0 Å². The van der Waals surface area contributed by atoms with Crippen LogP contribution < -0.4 is 10.9 Å². The number of nitrogens with one attached hydrogen (secondary N) is 2. The number of H-pyrrole nitrogens is 1. The first-order valence-electron chi connectivity index (χ1n) is 11.6. The highest BCUT2D eigenvalue weighted by Gasteiger charge is 2.15. The van der Waals surface area contributed by atoms with Gasteiger partial charge in [-0.1, -0.05) is 36.4 Å². The molecule has 33 heavy (non-hydrogen) atoms. The fourth-order valence-corrected chi connectivity index (χ4v) is 4.25. The fraction of sp³-hybridized carbons (Fsp3) is 0.407. The first-order valence-corrected chi connectivity index (χ1v) is 12.0. The molecular formula is C27H36N4OS. The van der Waals surface area contributed by atoms with Gasteiger partial charge >= 0.3 is 0 Å². The fourth-order valence-electron chi connectivity index (χ4n) is 3.99. The number of nitrogens with zero attached hydrogens (tertiary/aromatic N) is 2. The highest BCUT2D eigenvalue weighted by atomic mass is 32.1. The summed E-state index contributed by atoms with van der Waals surface area (Å²) in [4.78, 5) is 20.4. The molecule has 0 bridgehead atoms. The Morgan fingerprint density at radius 3 is 2.48 bits per heavy atom. The zero-order valence-corrected chi connectivity index (χ0v) is 21.3. The highest BCUT2D eigenvalue weighted by molar-refractivity contribution is 7.80. The van der Waals surface area contributed by atoms with Crippen molar-refractivity contribution < 1.29 is 0 Å². The molecule has 0 fully saturated rings. The van der Waals surface area contributed by atoms with Gasteiger partial charge in [0, 0.05) is 18.7 Å². The number of hydrogen-bond acceptors (Lipinski definition) is 3. The van der Waals surface area contributed by atoms with Crippen LogP contribution in [0.15, 0.2) is 47.3 Å². The van der Waals surface area contributed by atoms with Gasteiger partial charge in [0.05, 0.1) is 12.1 Å². The smallest absolute Gasteiger partial charge is 0.253 e. The van der Waals surface area contributed by atoms with E-state index >= 15 is 0 Å². The number of hydrogen-bond donors (Lipinski definition) is 2.